The first kappa shape index (κ1) is 18.4. The van der Waals surface area contributed by atoms with Crippen molar-refractivity contribution in [2.45, 2.75) is 37.6 Å². The minimum absolute atomic E-state index is 0.190. The van der Waals surface area contributed by atoms with Gasteiger partial charge in [0, 0.05) is 12.1 Å². The van der Waals surface area contributed by atoms with Crippen molar-refractivity contribution in [2.24, 2.45) is 16.6 Å². The third-order valence-electron chi connectivity index (χ3n) is 3.63. The van der Waals surface area contributed by atoms with Gasteiger partial charge in [-0.25, -0.2) is 8.42 Å². The van der Waals surface area contributed by atoms with E-state index < -0.39 is 16.1 Å². The second-order valence-corrected chi connectivity index (χ2v) is 7.81. The van der Waals surface area contributed by atoms with Gasteiger partial charge in [0.25, 0.3) is 10.0 Å². The third-order valence-corrected chi connectivity index (χ3v) is 5.02. The molecule has 4 N–H and O–H groups in total. The maximum atomic E-state index is 12.4. The number of nitrogens with one attached hydrogen (secondary N) is 2. The summed E-state index contributed by atoms with van der Waals surface area (Å²) in [6, 6.07) is 5.97. The van der Waals surface area contributed by atoms with Crippen molar-refractivity contribution < 1.29 is 13.2 Å². The van der Waals surface area contributed by atoms with Crippen LogP contribution in [0.15, 0.2) is 34.2 Å². The van der Waals surface area contributed by atoms with Crippen molar-refractivity contribution in [3.05, 3.63) is 29.8 Å². The Morgan fingerprint density at radius 1 is 1.33 bits per heavy atom. The number of hydrogen-bond acceptors (Lipinski definition) is 5. The molecule has 0 saturated heterocycles. The normalized spacial score (nSPS) is 18.2. The topological polar surface area (TPSA) is 114 Å². The lowest BCUT2D eigenvalue weighted by Crippen LogP contribution is -2.37. The molecule has 132 valence electrons. The average molecular weight is 352 g/mol. The van der Waals surface area contributed by atoms with Crippen molar-refractivity contribution in [1.82, 2.24) is 10.0 Å². The van der Waals surface area contributed by atoms with Gasteiger partial charge < -0.3 is 11.1 Å². The highest BCUT2D eigenvalue weighted by Crippen LogP contribution is 2.23. The van der Waals surface area contributed by atoms with Crippen LogP contribution in [0, 0.1) is 5.92 Å². The Morgan fingerprint density at radius 2 is 2.04 bits per heavy atom. The Bertz CT molecular complexity index is 729. The summed E-state index contributed by atoms with van der Waals surface area (Å²) in [4.78, 5) is 17.0. The smallest absolute Gasteiger partial charge is 0.263 e. The van der Waals surface area contributed by atoms with E-state index in [0.717, 1.165) is 0 Å². The van der Waals surface area contributed by atoms with Crippen molar-refractivity contribution >= 4 is 21.8 Å². The summed E-state index contributed by atoms with van der Waals surface area (Å²) in [6.45, 7) is 4.97. The van der Waals surface area contributed by atoms with Crippen LogP contribution < -0.4 is 15.8 Å². The lowest BCUT2D eigenvalue weighted by atomic mass is 10.0. The Morgan fingerprint density at radius 3 is 2.71 bits per heavy atom. The molecule has 0 aromatic heterocycles. The first-order valence-electron chi connectivity index (χ1n) is 8.03. The number of benzene rings is 1. The molecule has 1 aromatic rings. The van der Waals surface area contributed by atoms with Crippen molar-refractivity contribution in [1.29, 1.82) is 0 Å². The quantitative estimate of drug-likeness (QED) is 0.624. The predicted octanol–water partition coefficient (Wildman–Crippen LogP) is 0.605. The molecule has 7 nitrogen and oxygen atoms in total. The molecule has 1 atom stereocenters. The summed E-state index contributed by atoms with van der Waals surface area (Å²) in [7, 11) is -3.60. The molecule has 2 rings (SSSR count). The van der Waals surface area contributed by atoms with Gasteiger partial charge >= 0.3 is 0 Å². The lowest BCUT2D eigenvalue weighted by molar-refractivity contribution is -0.122. The van der Waals surface area contributed by atoms with Crippen molar-refractivity contribution in [2.75, 3.05) is 13.1 Å². The summed E-state index contributed by atoms with van der Waals surface area (Å²) in [5.41, 5.74) is 5.93. The zero-order valence-electron chi connectivity index (χ0n) is 14.0. The maximum absolute atomic E-state index is 12.4. The van der Waals surface area contributed by atoms with Crippen LogP contribution >= 0.6 is 0 Å². The number of carbonyl (C=O) groups is 1. The fraction of sp³-hybridized carbons (Fsp3) is 0.500. The van der Waals surface area contributed by atoms with Gasteiger partial charge in [-0.15, -0.1) is 0 Å². The van der Waals surface area contributed by atoms with Crippen LogP contribution in [-0.4, -0.2) is 39.3 Å². The Hall–Kier alpha value is -1.93. The van der Waals surface area contributed by atoms with Crippen LogP contribution in [-0.2, 0) is 14.8 Å². The highest BCUT2D eigenvalue weighted by molar-refractivity contribution is 7.90. The van der Waals surface area contributed by atoms with E-state index in [-0.39, 0.29) is 22.6 Å². The predicted molar refractivity (Wildman–Crippen MR) is 93.2 cm³/mol. The van der Waals surface area contributed by atoms with Gasteiger partial charge in [0.15, 0.2) is 0 Å². The third kappa shape index (κ3) is 4.33. The van der Waals surface area contributed by atoms with E-state index in [1.54, 1.807) is 18.2 Å². The molecule has 1 heterocycles. The second kappa shape index (κ2) is 7.76. The molecular formula is C16H24N4O3S. The summed E-state index contributed by atoms with van der Waals surface area (Å²) >= 11 is 0. The highest BCUT2D eigenvalue weighted by Gasteiger charge is 2.31. The number of carbonyl (C=O) groups excluding carboxylic acids is 1. The molecule has 1 amide bonds. The van der Waals surface area contributed by atoms with Crippen LogP contribution in [0.3, 0.4) is 0 Å². The monoisotopic (exact) mass is 352 g/mol. The number of hydrogen-bond donors (Lipinski definition) is 3. The van der Waals surface area contributed by atoms with E-state index in [2.05, 4.69) is 15.0 Å². The number of rotatable bonds is 7. The van der Waals surface area contributed by atoms with Crippen LogP contribution in [0.25, 0.3) is 0 Å². The fourth-order valence-corrected chi connectivity index (χ4v) is 3.72. The van der Waals surface area contributed by atoms with Gasteiger partial charge in [0.2, 0.25) is 5.91 Å². The molecule has 1 aliphatic rings. The van der Waals surface area contributed by atoms with Gasteiger partial charge in [0.05, 0.1) is 4.90 Å². The molecule has 0 saturated carbocycles. The van der Waals surface area contributed by atoms with Gasteiger partial charge in [0.1, 0.15) is 11.9 Å². The molecule has 0 aliphatic carbocycles. The Balaban J connectivity index is 2.28. The maximum Gasteiger partial charge on any atom is 0.263 e. The molecule has 24 heavy (non-hydrogen) atoms. The minimum atomic E-state index is -3.60. The van der Waals surface area contributed by atoms with Crippen LogP contribution in [0.1, 0.15) is 32.3 Å². The number of amides is 1. The standard InChI is InChI=1S/C16H24N4O3S/c1-11(2)10-13(16(21)18-9-5-8-17)19-15-12-6-3-4-7-14(12)24(22,23)20-15/h3-4,6-7,11,13H,5,8-10,17H2,1-2H3,(H,18,21)(H,19,20). The molecular weight excluding hydrogens is 328 g/mol. The minimum Gasteiger partial charge on any atom is -0.354 e. The van der Waals surface area contributed by atoms with Crippen molar-refractivity contribution in [3.8, 4) is 0 Å². The summed E-state index contributed by atoms with van der Waals surface area (Å²) < 4.78 is 26.7. The van der Waals surface area contributed by atoms with Crippen LogP contribution in [0.5, 0.6) is 0 Å². The molecule has 1 unspecified atom stereocenters. The Labute approximate surface area is 142 Å². The van der Waals surface area contributed by atoms with E-state index in [9.17, 15) is 13.2 Å². The molecule has 1 aromatic carbocycles. The largest absolute Gasteiger partial charge is 0.354 e. The van der Waals surface area contributed by atoms with Gasteiger partial charge in [-0.2, -0.15) is 0 Å². The second-order valence-electron chi connectivity index (χ2n) is 6.16. The number of nitrogens with two attached hydrogens (primary N) is 1. The SMILES string of the molecule is CC(C)CC(N=C1NS(=O)(=O)c2ccccc21)C(=O)NCCCN. The molecule has 1 aliphatic heterocycles. The lowest BCUT2D eigenvalue weighted by Gasteiger charge is -2.16. The first-order valence-corrected chi connectivity index (χ1v) is 9.51. The number of amidine groups is 1. The average Bonchev–Trinajstić information content (AvgIpc) is 2.78. The van der Waals surface area contributed by atoms with Gasteiger partial charge in [-0.3, -0.25) is 14.5 Å². The van der Waals surface area contributed by atoms with Crippen LogP contribution in [0.4, 0.5) is 0 Å². The van der Waals surface area contributed by atoms with Crippen molar-refractivity contribution in [3.63, 3.8) is 0 Å². The van der Waals surface area contributed by atoms with E-state index >= 15 is 0 Å². The number of aliphatic imine (C=N–C) groups is 1. The zero-order chi connectivity index (χ0) is 17.7. The molecule has 0 fully saturated rings. The number of sulfonamides is 1. The number of fused-ring (bicyclic) bond motifs is 1. The molecule has 0 bridgehead atoms. The highest BCUT2D eigenvalue weighted by atomic mass is 32.2. The van der Waals surface area contributed by atoms with Gasteiger partial charge in [-0.05, 0) is 37.4 Å². The molecule has 8 heteroatoms. The van der Waals surface area contributed by atoms with Gasteiger partial charge in [-0.1, -0.05) is 26.0 Å². The zero-order valence-corrected chi connectivity index (χ0v) is 14.8. The molecule has 0 spiro atoms. The van der Waals surface area contributed by atoms with E-state index in [1.807, 2.05) is 13.8 Å². The van der Waals surface area contributed by atoms with Crippen LogP contribution in [0.2, 0.25) is 0 Å². The number of nitrogens with zero attached hydrogens (tertiary/aromatic N) is 1. The first-order chi connectivity index (χ1) is 11.3. The fourth-order valence-electron chi connectivity index (χ4n) is 2.48. The molecule has 0 radical (unpaired) electrons. The summed E-state index contributed by atoms with van der Waals surface area (Å²) in [6.07, 6.45) is 1.22. The summed E-state index contributed by atoms with van der Waals surface area (Å²) in [5, 5.41) is 2.80. The van der Waals surface area contributed by atoms with E-state index in [0.29, 0.717) is 31.5 Å². The summed E-state index contributed by atoms with van der Waals surface area (Å²) in [5.74, 6) is 0.256. The van der Waals surface area contributed by atoms with E-state index in [1.165, 1.54) is 6.07 Å². The Kier molecular flexibility index (Phi) is 5.95. The van der Waals surface area contributed by atoms with E-state index in [4.69, 9.17) is 5.73 Å².